The van der Waals surface area contributed by atoms with Crippen molar-refractivity contribution in [1.82, 2.24) is 10.2 Å². The first kappa shape index (κ1) is 17.7. The highest BCUT2D eigenvalue weighted by Gasteiger charge is 2.08. The van der Waals surface area contributed by atoms with Crippen LogP contribution in [0.1, 0.15) is 12.8 Å². The molecule has 0 aliphatic rings. The first-order valence-electron chi connectivity index (χ1n) is 7.21. The second-order valence-corrected chi connectivity index (χ2v) is 6.85. The topological polar surface area (TPSA) is 73.3 Å². The number of methoxy groups -OCH3 is 1. The minimum absolute atomic E-state index is 0.0775. The van der Waals surface area contributed by atoms with Crippen LogP contribution in [0.3, 0.4) is 0 Å². The van der Waals surface area contributed by atoms with Gasteiger partial charge in [0.1, 0.15) is 5.75 Å². The van der Waals surface area contributed by atoms with Gasteiger partial charge in [-0.15, -0.1) is 10.2 Å². The van der Waals surface area contributed by atoms with Gasteiger partial charge in [0.2, 0.25) is 11.0 Å². The summed E-state index contributed by atoms with van der Waals surface area (Å²) in [6, 6.07) is 9.55. The molecule has 1 aromatic heterocycles. The standard InChI is InChI=1S/C15H19N3O3S2/c1-20-10-11-22-15-18-17-14(23-15)16-13(19)8-5-9-21-12-6-3-2-4-7-12/h2-4,6-7H,5,8-11H2,1H3,(H,16,17,19). The van der Waals surface area contributed by atoms with Crippen LogP contribution in [0, 0.1) is 0 Å². The molecule has 0 saturated heterocycles. The number of benzene rings is 1. The van der Waals surface area contributed by atoms with Gasteiger partial charge in [0.25, 0.3) is 0 Å². The summed E-state index contributed by atoms with van der Waals surface area (Å²) in [7, 11) is 1.66. The van der Waals surface area contributed by atoms with Crippen molar-refractivity contribution in [3.8, 4) is 5.75 Å². The van der Waals surface area contributed by atoms with Gasteiger partial charge in [-0.1, -0.05) is 41.3 Å². The zero-order valence-electron chi connectivity index (χ0n) is 12.9. The van der Waals surface area contributed by atoms with Gasteiger partial charge < -0.3 is 14.8 Å². The third-order valence-corrected chi connectivity index (χ3v) is 4.66. The van der Waals surface area contributed by atoms with E-state index in [1.165, 1.54) is 11.3 Å². The highest BCUT2D eigenvalue weighted by Crippen LogP contribution is 2.25. The Kier molecular flexibility index (Phi) is 7.85. The van der Waals surface area contributed by atoms with Crippen molar-refractivity contribution in [2.45, 2.75) is 17.2 Å². The van der Waals surface area contributed by atoms with E-state index in [9.17, 15) is 4.79 Å². The Hall–Kier alpha value is -1.64. The number of hydrogen-bond acceptors (Lipinski definition) is 7. The number of anilines is 1. The van der Waals surface area contributed by atoms with Gasteiger partial charge in [-0.25, -0.2) is 0 Å². The maximum absolute atomic E-state index is 11.8. The molecule has 0 bridgehead atoms. The van der Waals surface area contributed by atoms with Crippen LogP contribution in [-0.2, 0) is 9.53 Å². The lowest BCUT2D eigenvalue weighted by molar-refractivity contribution is -0.116. The van der Waals surface area contributed by atoms with E-state index >= 15 is 0 Å². The van der Waals surface area contributed by atoms with Gasteiger partial charge >= 0.3 is 0 Å². The molecule has 1 aromatic carbocycles. The van der Waals surface area contributed by atoms with E-state index in [0.717, 1.165) is 15.8 Å². The molecule has 8 heteroatoms. The van der Waals surface area contributed by atoms with Crippen LogP contribution < -0.4 is 10.1 Å². The van der Waals surface area contributed by atoms with Gasteiger partial charge in [0, 0.05) is 19.3 Å². The molecule has 124 valence electrons. The van der Waals surface area contributed by atoms with Gasteiger partial charge in [0.05, 0.1) is 13.2 Å². The minimum atomic E-state index is -0.0775. The molecule has 1 heterocycles. The first-order valence-corrected chi connectivity index (χ1v) is 9.01. The van der Waals surface area contributed by atoms with Crippen LogP contribution in [0.4, 0.5) is 5.13 Å². The summed E-state index contributed by atoms with van der Waals surface area (Å²) in [6.07, 6.45) is 1.04. The zero-order chi connectivity index (χ0) is 16.3. The Labute approximate surface area is 143 Å². The fourth-order valence-electron chi connectivity index (χ4n) is 1.65. The van der Waals surface area contributed by atoms with Crippen molar-refractivity contribution in [2.24, 2.45) is 0 Å². The molecule has 1 N–H and O–H groups in total. The Bertz CT molecular complexity index is 593. The number of nitrogens with one attached hydrogen (secondary N) is 1. The molecular formula is C15H19N3O3S2. The van der Waals surface area contributed by atoms with Crippen LogP contribution in [0.25, 0.3) is 0 Å². The molecule has 2 rings (SSSR count). The molecule has 1 amide bonds. The number of thioether (sulfide) groups is 1. The van der Waals surface area contributed by atoms with Crippen molar-refractivity contribution in [2.75, 3.05) is 31.4 Å². The lowest BCUT2D eigenvalue weighted by Gasteiger charge is -2.05. The first-order chi connectivity index (χ1) is 11.3. The highest BCUT2D eigenvalue weighted by atomic mass is 32.2. The summed E-state index contributed by atoms with van der Waals surface area (Å²) in [4.78, 5) is 11.8. The second-order valence-electron chi connectivity index (χ2n) is 4.53. The van der Waals surface area contributed by atoms with Crippen LogP contribution in [0.5, 0.6) is 5.75 Å². The Morgan fingerprint density at radius 3 is 2.87 bits per heavy atom. The molecule has 2 aromatic rings. The van der Waals surface area contributed by atoms with Gasteiger partial charge in [-0.2, -0.15) is 0 Å². The van der Waals surface area contributed by atoms with E-state index in [2.05, 4.69) is 15.5 Å². The third kappa shape index (κ3) is 6.98. The van der Waals surface area contributed by atoms with E-state index in [1.807, 2.05) is 30.3 Å². The summed E-state index contributed by atoms with van der Waals surface area (Å²) in [5.41, 5.74) is 0. The third-order valence-electron chi connectivity index (χ3n) is 2.73. The van der Waals surface area contributed by atoms with Crippen molar-refractivity contribution < 1.29 is 14.3 Å². The molecule has 0 radical (unpaired) electrons. The normalized spacial score (nSPS) is 10.5. The lowest BCUT2D eigenvalue weighted by atomic mass is 10.3. The van der Waals surface area contributed by atoms with Crippen LogP contribution in [0.2, 0.25) is 0 Å². The second kappa shape index (κ2) is 10.2. The van der Waals surface area contributed by atoms with E-state index in [0.29, 0.717) is 31.2 Å². The summed E-state index contributed by atoms with van der Waals surface area (Å²) < 4.78 is 11.3. The minimum Gasteiger partial charge on any atom is -0.494 e. The van der Waals surface area contributed by atoms with Crippen molar-refractivity contribution >= 4 is 34.1 Å². The molecule has 0 unspecified atom stereocenters. The van der Waals surface area contributed by atoms with Gasteiger partial charge in [-0.05, 0) is 18.6 Å². The molecule has 23 heavy (non-hydrogen) atoms. The summed E-state index contributed by atoms with van der Waals surface area (Å²) >= 11 is 2.93. The molecule has 0 fully saturated rings. The van der Waals surface area contributed by atoms with E-state index in [4.69, 9.17) is 9.47 Å². The monoisotopic (exact) mass is 353 g/mol. The number of ether oxygens (including phenoxy) is 2. The number of carbonyl (C=O) groups excluding carboxylic acids is 1. The van der Waals surface area contributed by atoms with E-state index in [-0.39, 0.29) is 5.91 Å². The van der Waals surface area contributed by atoms with Crippen molar-refractivity contribution in [3.63, 3.8) is 0 Å². The largest absolute Gasteiger partial charge is 0.494 e. The Morgan fingerprint density at radius 2 is 2.09 bits per heavy atom. The van der Waals surface area contributed by atoms with Crippen LogP contribution >= 0.6 is 23.1 Å². The quantitative estimate of drug-likeness (QED) is 0.402. The van der Waals surface area contributed by atoms with Crippen LogP contribution in [-0.4, -0.2) is 42.2 Å². The smallest absolute Gasteiger partial charge is 0.226 e. The average molecular weight is 353 g/mol. The molecule has 0 aliphatic carbocycles. The molecular weight excluding hydrogens is 334 g/mol. The molecule has 0 atom stereocenters. The Balaban J connectivity index is 1.62. The van der Waals surface area contributed by atoms with Crippen molar-refractivity contribution in [3.05, 3.63) is 30.3 Å². The summed E-state index contributed by atoms with van der Waals surface area (Å²) in [5.74, 6) is 1.55. The number of amides is 1. The summed E-state index contributed by atoms with van der Waals surface area (Å²) in [5, 5.41) is 11.3. The predicted octanol–water partition coefficient (Wildman–Crippen LogP) is 3.07. The number of para-hydroxylation sites is 1. The number of carbonyl (C=O) groups is 1. The van der Waals surface area contributed by atoms with Gasteiger partial charge in [-0.3, -0.25) is 4.79 Å². The average Bonchev–Trinajstić information content (AvgIpc) is 3.00. The van der Waals surface area contributed by atoms with Crippen molar-refractivity contribution in [1.29, 1.82) is 0 Å². The maximum Gasteiger partial charge on any atom is 0.226 e. The fourth-order valence-corrected chi connectivity index (χ4v) is 3.39. The molecule has 0 saturated carbocycles. The van der Waals surface area contributed by atoms with Gasteiger partial charge in [0.15, 0.2) is 4.34 Å². The highest BCUT2D eigenvalue weighted by molar-refractivity contribution is 8.01. The number of rotatable bonds is 10. The Morgan fingerprint density at radius 1 is 1.26 bits per heavy atom. The van der Waals surface area contributed by atoms with E-state index in [1.54, 1.807) is 18.9 Å². The molecule has 6 nitrogen and oxygen atoms in total. The summed E-state index contributed by atoms with van der Waals surface area (Å²) in [6.45, 7) is 1.17. The predicted molar refractivity (Wildman–Crippen MR) is 92.3 cm³/mol. The number of hydrogen-bond donors (Lipinski definition) is 1. The van der Waals surface area contributed by atoms with E-state index < -0.39 is 0 Å². The lowest BCUT2D eigenvalue weighted by Crippen LogP contribution is -2.12. The molecule has 0 aliphatic heterocycles. The number of nitrogens with zero attached hydrogens (tertiary/aromatic N) is 2. The SMILES string of the molecule is COCCSc1nnc(NC(=O)CCCOc2ccccc2)s1. The maximum atomic E-state index is 11.8. The number of aromatic nitrogens is 2. The van der Waals surface area contributed by atoms with Crippen LogP contribution in [0.15, 0.2) is 34.7 Å². The molecule has 0 spiro atoms. The zero-order valence-corrected chi connectivity index (χ0v) is 14.5. The fraction of sp³-hybridized carbons (Fsp3) is 0.400.